The number of rotatable bonds is 4. The number of benzene rings is 2. The van der Waals surface area contributed by atoms with E-state index >= 15 is 0 Å². The van der Waals surface area contributed by atoms with Crippen molar-refractivity contribution in [1.29, 1.82) is 0 Å². The lowest BCUT2D eigenvalue weighted by atomic mass is 9.66. The molecule has 3 atom stereocenters. The van der Waals surface area contributed by atoms with Crippen LogP contribution in [0.25, 0.3) is 0 Å². The lowest BCUT2D eigenvalue weighted by Gasteiger charge is -2.44. The summed E-state index contributed by atoms with van der Waals surface area (Å²) < 4.78 is 6.07. The van der Waals surface area contributed by atoms with Crippen LogP contribution in [0.2, 0.25) is 0 Å². The van der Waals surface area contributed by atoms with E-state index < -0.39 is 0 Å². The van der Waals surface area contributed by atoms with Crippen molar-refractivity contribution in [3.8, 4) is 0 Å². The van der Waals surface area contributed by atoms with Crippen LogP contribution >= 0.6 is 0 Å². The van der Waals surface area contributed by atoms with Gasteiger partial charge >= 0.3 is 0 Å². The summed E-state index contributed by atoms with van der Waals surface area (Å²) in [5.41, 5.74) is 10.9. The Balaban J connectivity index is 1.50. The highest BCUT2D eigenvalue weighted by Crippen LogP contribution is 2.51. The molecule has 0 bridgehead atoms. The third kappa shape index (κ3) is 2.60. The van der Waals surface area contributed by atoms with Gasteiger partial charge < -0.3 is 10.5 Å². The van der Waals surface area contributed by atoms with Crippen LogP contribution in [-0.2, 0) is 23.3 Å². The van der Waals surface area contributed by atoms with Gasteiger partial charge in [0.25, 0.3) is 0 Å². The van der Waals surface area contributed by atoms with E-state index in [2.05, 4.69) is 48.5 Å². The smallest absolute Gasteiger partial charge is 0.0717 e. The van der Waals surface area contributed by atoms with Crippen molar-refractivity contribution in [2.24, 2.45) is 17.6 Å². The van der Waals surface area contributed by atoms with Crippen LogP contribution in [0.1, 0.15) is 36.0 Å². The van der Waals surface area contributed by atoms with E-state index in [-0.39, 0.29) is 5.54 Å². The molecule has 0 heterocycles. The van der Waals surface area contributed by atoms with Gasteiger partial charge in [-0.3, -0.25) is 0 Å². The Bertz CT molecular complexity index is 669. The minimum Gasteiger partial charge on any atom is -0.376 e. The fourth-order valence-electron chi connectivity index (χ4n) is 4.63. The summed E-state index contributed by atoms with van der Waals surface area (Å²) in [6, 6.07) is 19.2. The predicted octanol–water partition coefficient (Wildman–Crippen LogP) is 4.03. The molecule has 2 N–H and O–H groups in total. The highest BCUT2D eigenvalue weighted by Gasteiger charge is 2.50. The normalized spacial score (nSPS) is 29.1. The number of nitrogens with two attached hydrogens (primary N) is 1. The fraction of sp³-hybridized carbons (Fsp3) is 0.429. The molecule has 4 rings (SSSR count). The van der Waals surface area contributed by atoms with Crippen molar-refractivity contribution in [2.45, 2.75) is 37.8 Å². The summed E-state index contributed by atoms with van der Waals surface area (Å²) in [5, 5.41) is 0. The van der Waals surface area contributed by atoms with Gasteiger partial charge in [-0.05, 0) is 41.9 Å². The second-order valence-electron chi connectivity index (χ2n) is 7.12. The summed E-state index contributed by atoms with van der Waals surface area (Å²) >= 11 is 0. The molecule has 2 aliphatic carbocycles. The maximum atomic E-state index is 7.02. The summed E-state index contributed by atoms with van der Waals surface area (Å²) in [6.45, 7) is 1.44. The Labute approximate surface area is 138 Å². The quantitative estimate of drug-likeness (QED) is 0.925. The van der Waals surface area contributed by atoms with Crippen LogP contribution < -0.4 is 5.73 Å². The van der Waals surface area contributed by atoms with Crippen molar-refractivity contribution < 1.29 is 4.74 Å². The predicted molar refractivity (Wildman–Crippen MR) is 92.9 cm³/mol. The fourth-order valence-corrected chi connectivity index (χ4v) is 4.63. The maximum Gasteiger partial charge on any atom is 0.0717 e. The lowest BCUT2D eigenvalue weighted by molar-refractivity contribution is 0.0172. The molecular formula is C21H25NO. The molecule has 1 unspecified atom stereocenters. The van der Waals surface area contributed by atoms with E-state index in [9.17, 15) is 0 Å². The maximum absolute atomic E-state index is 7.02. The minimum atomic E-state index is -0.189. The van der Waals surface area contributed by atoms with Gasteiger partial charge in [0, 0.05) is 11.5 Å². The van der Waals surface area contributed by atoms with Gasteiger partial charge in [0.2, 0.25) is 0 Å². The zero-order valence-electron chi connectivity index (χ0n) is 13.6. The summed E-state index contributed by atoms with van der Waals surface area (Å²) in [5.74, 6) is 1.01. The van der Waals surface area contributed by atoms with E-state index in [1.165, 1.54) is 36.0 Å². The largest absolute Gasteiger partial charge is 0.376 e. The number of ether oxygens (including phenoxy) is 1. The molecule has 120 valence electrons. The van der Waals surface area contributed by atoms with E-state index in [4.69, 9.17) is 10.5 Å². The van der Waals surface area contributed by atoms with Crippen molar-refractivity contribution in [2.75, 3.05) is 6.61 Å². The first-order valence-electron chi connectivity index (χ1n) is 8.77. The third-order valence-corrected chi connectivity index (χ3v) is 5.84. The van der Waals surface area contributed by atoms with Crippen LogP contribution in [0, 0.1) is 11.8 Å². The monoisotopic (exact) mass is 307 g/mol. The Hall–Kier alpha value is -1.64. The zero-order chi connectivity index (χ0) is 15.7. The molecule has 2 heteroatoms. The number of hydrogen-bond donors (Lipinski definition) is 1. The van der Waals surface area contributed by atoms with Crippen molar-refractivity contribution >= 4 is 0 Å². The second-order valence-corrected chi connectivity index (χ2v) is 7.12. The minimum absolute atomic E-state index is 0.189. The first-order valence-corrected chi connectivity index (χ1v) is 8.77. The molecule has 1 fully saturated rings. The van der Waals surface area contributed by atoms with Crippen molar-refractivity contribution in [3.05, 3.63) is 71.3 Å². The third-order valence-electron chi connectivity index (χ3n) is 5.84. The number of fused-ring (bicyclic) bond motifs is 3. The molecule has 2 aromatic carbocycles. The van der Waals surface area contributed by atoms with E-state index in [0.29, 0.717) is 18.4 Å². The molecule has 2 aliphatic rings. The van der Waals surface area contributed by atoms with E-state index in [1.54, 1.807) is 0 Å². The van der Waals surface area contributed by atoms with Crippen LogP contribution in [0.4, 0.5) is 0 Å². The molecule has 2 aromatic rings. The van der Waals surface area contributed by atoms with Crippen LogP contribution in [-0.4, -0.2) is 6.61 Å². The van der Waals surface area contributed by atoms with E-state index in [0.717, 1.165) is 13.0 Å². The molecule has 2 nitrogen and oxygen atoms in total. The Kier molecular flexibility index (Phi) is 3.96. The Morgan fingerprint density at radius 1 is 1.00 bits per heavy atom. The Morgan fingerprint density at radius 2 is 1.78 bits per heavy atom. The van der Waals surface area contributed by atoms with Gasteiger partial charge in [-0.1, -0.05) is 61.0 Å². The summed E-state index contributed by atoms with van der Waals surface area (Å²) in [6.07, 6.45) is 4.84. The van der Waals surface area contributed by atoms with Crippen molar-refractivity contribution in [3.63, 3.8) is 0 Å². The molecular weight excluding hydrogens is 282 g/mol. The van der Waals surface area contributed by atoms with Crippen LogP contribution in [0.5, 0.6) is 0 Å². The van der Waals surface area contributed by atoms with Crippen LogP contribution in [0.15, 0.2) is 54.6 Å². The highest BCUT2D eigenvalue weighted by molar-refractivity contribution is 5.41. The Morgan fingerprint density at radius 3 is 2.65 bits per heavy atom. The first kappa shape index (κ1) is 14.9. The zero-order valence-corrected chi connectivity index (χ0v) is 13.6. The van der Waals surface area contributed by atoms with E-state index in [1.807, 2.05) is 6.07 Å². The molecule has 0 saturated heterocycles. The molecule has 0 amide bonds. The van der Waals surface area contributed by atoms with Gasteiger partial charge in [0.1, 0.15) is 0 Å². The lowest BCUT2D eigenvalue weighted by Crippen LogP contribution is -2.52. The van der Waals surface area contributed by atoms with Gasteiger partial charge in [0.15, 0.2) is 0 Å². The molecule has 1 saturated carbocycles. The van der Waals surface area contributed by atoms with Crippen LogP contribution in [0.3, 0.4) is 0 Å². The van der Waals surface area contributed by atoms with Gasteiger partial charge in [-0.15, -0.1) is 0 Å². The van der Waals surface area contributed by atoms with Crippen molar-refractivity contribution in [1.82, 2.24) is 0 Å². The molecule has 0 radical (unpaired) electrons. The summed E-state index contributed by atoms with van der Waals surface area (Å²) in [4.78, 5) is 0. The first-order chi connectivity index (χ1) is 11.3. The average Bonchev–Trinajstić information content (AvgIpc) is 2.90. The van der Waals surface area contributed by atoms with Gasteiger partial charge in [0.05, 0.1) is 13.2 Å². The summed E-state index contributed by atoms with van der Waals surface area (Å²) in [7, 11) is 0. The van der Waals surface area contributed by atoms with Gasteiger partial charge in [-0.25, -0.2) is 0 Å². The standard InChI is InChI=1S/C21H25NO/c22-21-18(13-17-9-4-5-12-20(17)21)10-6-11-19(21)15-23-14-16-7-2-1-3-8-16/h1-5,7-9,12,18-19H,6,10-11,13-15,22H2/t18-,19?,21-/m1/s1. The second kappa shape index (κ2) is 6.10. The SMILES string of the molecule is N[C@]12c3ccccc3C[C@H]1CCCC2COCc1ccccc1. The molecule has 23 heavy (non-hydrogen) atoms. The molecule has 0 spiro atoms. The average molecular weight is 307 g/mol. The topological polar surface area (TPSA) is 35.2 Å². The highest BCUT2D eigenvalue weighted by atomic mass is 16.5. The molecule has 0 aliphatic heterocycles. The molecule has 0 aromatic heterocycles. The van der Waals surface area contributed by atoms with Gasteiger partial charge in [-0.2, -0.15) is 0 Å². The number of hydrogen-bond acceptors (Lipinski definition) is 2.